The van der Waals surface area contributed by atoms with Crippen molar-refractivity contribution in [3.63, 3.8) is 0 Å². The molecule has 17 heavy (non-hydrogen) atoms. The molecule has 2 aliphatic heterocycles. The second-order valence-corrected chi connectivity index (χ2v) is 5.17. The standard InChI is InChI=1S/C12H11N3S.ClH/c1-7-6-8-11(13)14-9-4-2-3-5-10(9)15-12(8)16-7;/h2-7H,1H3,(H2,13,14);1H. The van der Waals surface area contributed by atoms with Gasteiger partial charge in [0.05, 0.1) is 11.4 Å². The Balaban J connectivity index is 0.00000108. The maximum atomic E-state index is 5.98. The third-order valence-electron chi connectivity index (χ3n) is 2.55. The van der Waals surface area contributed by atoms with Crippen molar-refractivity contribution in [1.29, 1.82) is 0 Å². The lowest BCUT2D eigenvalue weighted by Gasteiger charge is -1.99. The van der Waals surface area contributed by atoms with Crippen molar-refractivity contribution in [2.45, 2.75) is 12.2 Å². The fourth-order valence-corrected chi connectivity index (χ4v) is 2.82. The van der Waals surface area contributed by atoms with E-state index in [-0.39, 0.29) is 12.4 Å². The normalized spacial score (nSPS) is 21.2. The molecule has 0 aromatic heterocycles. The summed E-state index contributed by atoms with van der Waals surface area (Å²) in [5, 5.41) is 1.41. The van der Waals surface area contributed by atoms with Gasteiger partial charge in [0.1, 0.15) is 10.9 Å². The number of para-hydroxylation sites is 2. The summed E-state index contributed by atoms with van der Waals surface area (Å²) in [7, 11) is 0. The van der Waals surface area contributed by atoms with Crippen molar-refractivity contribution in [3.05, 3.63) is 35.9 Å². The van der Waals surface area contributed by atoms with Crippen LogP contribution in [0.1, 0.15) is 6.92 Å². The van der Waals surface area contributed by atoms with E-state index in [1.807, 2.05) is 24.3 Å². The average Bonchev–Trinajstić information content (AvgIpc) is 2.57. The topological polar surface area (TPSA) is 50.7 Å². The SMILES string of the molecule is CC1C=C2C(N)=Nc3ccccc3N=C2S1.Cl. The highest BCUT2D eigenvalue weighted by molar-refractivity contribution is 8.15. The number of nitrogens with zero attached hydrogens (tertiary/aromatic N) is 2. The molecule has 2 aliphatic rings. The summed E-state index contributed by atoms with van der Waals surface area (Å²) in [6.07, 6.45) is 2.12. The van der Waals surface area contributed by atoms with Crippen LogP contribution in [0.2, 0.25) is 0 Å². The summed E-state index contributed by atoms with van der Waals surface area (Å²) in [6.45, 7) is 2.13. The molecular formula is C12H12ClN3S. The number of fused-ring (bicyclic) bond motifs is 2. The molecule has 2 N–H and O–H groups in total. The summed E-state index contributed by atoms with van der Waals surface area (Å²) in [5.41, 5.74) is 8.70. The number of rotatable bonds is 0. The molecule has 0 saturated carbocycles. The third-order valence-corrected chi connectivity index (χ3v) is 3.59. The molecule has 3 nitrogen and oxygen atoms in total. The predicted molar refractivity (Wildman–Crippen MR) is 77.2 cm³/mol. The summed E-state index contributed by atoms with van der Waals surface area (Å²) < 4.78 is 0. The first-order chi connectivity index (χ1) is 7.74. The van der Waals surface area contributed by atoms with Crippen molar-refractivity contribution >= 4 is 46.4 Å². The molecule has 5 heteroatoms. The maximum Gasteiger partial charge on any atom is 0.133 e. The molecule has 1 atom stereocenters. The maximum absolute atomic E-state index is 5.98. The molecule has 0 saturated heterocycles. The largest absolute Gasteiger partial charge is 0.383 e. The van der Waals surface area contributed by atoms with Gasteiger partial charge in [-0.15, -0.1) is 12.4 Å². The van der Waals surface area contributed by atoms with E-state index >= 15 is 0 Å². The smallest absolute Gasteiger partial charge is 0.133 e. The first-order valence-electron chi connectivity index (χ1n) is 5.15. The molecule has 1 unspecified atom stereocenters. The third kappa shape index (κ3) is 2.10. The van der Waals surface area contributed by atoms with Gasteiger partial charge < -0.3 is 5.73 Å². The van der Waals surface area contributed by atoms with Crippen molar-refractivity contribution in [2.24, 2.45) is 15.7 Å². The molecule has 1 aromatic carbocycles. The Hall–Kier alpha value is -1.26. The van der Waals surface area contributed by atoms with Gasteiger partial charge in [-0.25, -0.2) is 9.98 Å². The molecule has 0 radical (unpaired) electrons. The zero-order chi connectivity index (χ0) is 11.1. The highest BCUT2D eigenvalue weighted by atomic mass is 35.5. The number of benzene rings is 1. The lowest BCUT2D eigenvalue weighted by molar-refractivity contribution is 1.26. The number of amidine groups is 1. The number of nitrogens with two attached hydrogens (primary N) is 1. The molecule has 0 fully saturated rings. The molecule has 1 aromatic rings. The molecular weight excluding hydrogens is 254 g/mol. The Morgan fingerprint density at radius 3 is 2.53 bits per heavy atom. The molecule has 0 aliphatic carbocycles. The molecule has 0 amide bonds. The van der Waals surface area contributed by atoms with Crippen molar-refractivity contribution in [3.8, 4) is 0 Å². The van der Waals surface area contributed by atoms with Gasteiger partial charge >= 0.3 is 0 Å². The minimum absolute atomic E-state index is 0. The quantitative estimate of drug-likeness (QED) is 0.783. The Morgan fingerprint density at radius 1 is 1.18 bits per heavy atom. The van der Waals surface area contributed by atoms with Crippen LogP contribution in [-0.2, 0) is 0 Å². The predicted octanol–water partition coefficient (Wildman–Crippen LogP) is 3.20. The summed E-state index contributed by atoms with van der Waals surface area (Å²) in [6, 6.07) is 7.81. The molecule has 2 heterocycles. The molecule has 3 rings (SSSR count). The lowest BCUT2D eigenvalue weighted by atomic mass is 10.2. The van der Waals surface area contributed by atoms with E-state index in [2.05, 4.69) is 23.0 Å². The Morgan fingerprint density at radius 2 is 1.82 bits per heavy atom. The van der Waals surface area contributed by atoms with Gasteiger partial charge in [0, 0.05) is 10.8 Å². The van der Waals surface area contributed by atoms with Gasteiger partial charge in [0.15, 0.2) is 0 Å². The number of aliphatic imine (C=N–C) groups is 2. The first-order valence-corrected chi connectivity index (χ1v) is 6.03. The highest BCUT2D eigenvalue weighted by Crippen LogP contribution is 2.37. The number of hydrogen-bond acceptors (Lipinski definition) is 4. The minimum Gasteiger partial charge on any atom is -0.383 e. The number of halogens is 1. The summed E-state index contributed by atoms with van der Waals surface area (Å²) >= 11 is 1.73. The van der Waals surface area contributed by atoms with Gasteiger partial charge in [-0.3, -0.25) is 0 Å². The monoisotopic (exact) mass is 265 g/mol. The number of thioether (sulfide) groups is 1. The van der Waals surface area contributed by atoms with E-state index in [4.69, 9.17) is 5.73 Å². The van der Waals surface area contributed by atoms with Gasteiger partial charge in [-0.2, -0.15) is 0 Å². The highest BCUT2D eigenvalue weighted by Gasteiger charge is 2.24. The fraction of sp³-hybridized carbons (Fsp3) is 0.167. The summed E-state index contributed by atoms with van der Waals surface area (Å²) in [4.78, 5) is 9.03. The Kier molecular flexibility index (Phi) is 3.26. The van der Waals surface area contributed by atoms with Crippen molar-refractivity contribution in [2.75, 3.05) is 0 Å². The van der Waals surface area contributed by atoms with Crippen LogP contribution >= 0.6 is 24.2 Å². The van der Waals surface area contributed by atoms with Gasteiger partial charge in [-0.1, -0.05) is 30.0 Å². The fourth-order valence-electron chi connectivity index (χ4n) is 1.81. The van der Waals surface area contributed by atoms with Crippen molar-refractivity contribution in [1.82, 2.24) is 0 Å². The number of hydrogen-bond donors (Lipinski definition) is 1. The zero-order valence-corrected chi connectivity index (χ0v) is 10.9. The van der Waals surface area contributed by atoms with Crippen LogP contribution in [0.3, 0.4) is 0 Å². The Bertz CT molecular complexity index is 548. The van der Waals surface area contributed by atoms with Gasteiger partial charge in [-0.05, 0) is 19.1 Å². The average molecular weight is 266 g/mol. The van der Waals surface area contributed by atoms with Crippen LogP contribution in [0.4, 0.5) is 11.4 Å². The first kappa shape index (κ1) is 12.2. The van der Waals surface area contributed by atoms with Crippen LogP contribution in [0.5, 0.6) is 0 Å². The van der Waals surface area contributed by atoms with Crippen LogP contribution in [-0.4, -0.2) is 16.1 Å². The van der Waals surface area contributed by atoms with E-state index < -0.39 is 0 Å². The Labute approximate surface area is 110 Å². The molecule has 0 bridgehead atoms. The van der Waals surface area contributed by atoms with Gasteiger partial charge in [0.2, 0.25) is 0 Å². The lowest BCUT2D eigenvalue weighted by Crippen LogP contribution is -2.16. The van der Waals surface area contributed by atoms with Crippen molar-refractivity contribution < 1.29 is 0 Å². The van der Waals surface area contributed by atoms with Crippen LogP contribution < -0.4 is 5.73 Å². The second kappa shape index (κ2) is 4.55. The van der Waals surface area contributed by atoms with E-state index in [1.165, 1.54) is 0 Å². The van der Waals surface area contributed by atoms with Gasteiger partial charge in [0.25, 0.3) is 0 Å². The molecule has 0 spiro atoms. The summed E-state index contributed by atoms with van der Waals surface area (Å²) in [5.74, 6) is 0.570. The minimum atomic E-state index is 0. The van der Waals surface area contributed by atoms with E-state index in [0.29, 0.717) is 11.1 Å². The van der Waals surface area contributed by atoms with E-state index in [0.717, 1.165) is 22.0 Å². The molecule has 88 valence electrons. The zero-order valence-electron chi connectivity index (χ0n) is 9.25. The van der Waals surface area contributed by atoms with Crippen LogP contribution in [0.15, 0.2) is 45.9 Å². The van der Waals surface area contributed by atoms with E-state index in [9.17, 15) is 0 Å². The van der Waals surface area contributed by atoms with Crippen LogP contribution in [0.25, 0.3) is 0 Å². The second-order valence-electron chi connectivity index (χ2n) is 3.81. The van der Waals surface area contributed by atoms with E-state index in [1.54, 1.807) is 11.8 Å². The van der Waals surface area contributed by atoms with Crippen LogP contribution in [0, 0.1) is 0 Å².